The molecule has 1 unspecified atom stereocenters. The molecule has 0 aromatic heterocycles. The number of hydrazine groups is 1. The highest BCUT2D eigenvalue weighted by molar-refractivity contribution is 5.79. The zero-order chi connectivity index (χ0) is 10.3. The van der Waals surface area contributed by atoms with E-state index in [2.05, 4.69) is 15.7 Å². The van der Waals surface area contributed by atoms with E-state index in [1.165, 1.54) is 0 Å². The molecule has 0 saturated heterocycles. The van der Waals surface area contributed by atoms with Crippen LogP contribution in [-0.4, -0.2) is 31.8 Å². The highest BCUT2D eigenvalue weighted by Gasteiger charge is 2.02. The van der Waals surface area contributed by atoms with E-state index in [0.29, 0.717) is 18.6 Å². The van der Waals surface area contributed by atoms with Crippen molar-refractivity contribution in [2.75, 3.05) is 13.7 Å². The van der Waals surface area contributed by atoms with Crippen LogP contribution in [0.3, 0.4) is 0 Å². The molecule has 0 spiro atoms. The smallest absolute Gasteiger partial charge is 0.206 e. The summed E-state index contributed by atoms with van der Waals surface area (Å²) < 4.78 is 4.95. The summed E-state index contributed by atoms with van der Waals surface area (Å²) in [5.41, 5.74) is 2.51. The van der Waals surface area contributed by atoms with Gasteiger partial charge in [-0.25, -0.2) is 10.8 Å². The van der Waals surface area contributed by atoms with Crippen LogP contribution in [0.4, 0.5) is 0 Å². The van der Waals surface area contributed by atoms with Gasteiger partial charge in [-0.05, 0) is 20.8 Å². The molecule has 0 heterocycles. The highest BCUT2D eigenvalue weighted by Crippen LogP contribution is 1.89. The van der Waals surface area contributed by atoms with Crippen molar-refractivity contribution in [2.45, 2.75) is 32.9 Å². The first-order chi connectivity index (χ1) is 6.10. The van der Waals surface area contributed by atoms with Crippen LogP contribution in [0.25, 0.3) is 0 Å². The van der Waals surface area contributed by atoms with E-state index < -0.39 is 0 Å². The topological polar surface area (TPSA) is 71.7 Å². The van der Waals surface area contributed by atoms with Gasteiger partial charge in [0.1, 0.15) is 0 Å². The van der Waals surface area contributed by atoms with E-state index in [9.17, 15) is 0 Å². The predicted octanol–water partition coefficient (Wildman–Crippen LogP) is -0.161. The maximum absolute atomic E-state index is 5.28. The summed E-state index contributed by atoms with van der Waals surface area (Å²) in [7, 11) is 1.65. The Bertz CT molecular complexity index is 158. The Hall–Kier alpha value is -0.810. The predicted molar refractivity (Wildman–Crippen MR) is 54.4 cm³/mol. The summed E-state index contributed by atoms with van der Waals surface area (Å²) in [6.07, 6.45) is 0. The van der Waals surface area contributed by atoms with E-state index in [1.54, 1.807) is 7.11 Å². The fourth-order valence-corrected chi connectivity index (χ4v) is 0.888. The quantitative estimate of drug-likeness (QED) is 0.248. The first-order valence-electron chi connectivity index (χ1n) is 4.40. The molecular formula is C8H20N4O. The van der Waals surface area contributed by atoms with E-state index in [1.807, 2.05) is 20.8 Å². The Labute approximate surface area is 79.7 Å². The van der Waals surface area contributed by atoms with Gasteiger partial charge in [0.15, 0.2) is 0 Å². The number of aliphatic imine (C=N–C) groups is 1. The van der Waals surface area contributed by atoms with Crippen LogP contribution in [0.5, 0.6) is 0 Å². The van der Waals surface area contributed by atoms with Crippen LogP contribution in [0.15, 0.2) is 4.99 Å². The molecule has 0 radical (unpaired) electrons. The lowest BCUT2D eigenvalue weighted by Gasteiger charge is -2.14. The van der Waals surface area contributed by atoms with Gasteiger partial charge in [0.2, 0.25) is 5.96 Å². The van der Waals surface area contributed by atoms with Gasteiger partial charge in [-0.2, -0.15) is 0 Å². The number of nitrogens with two attached hydrogens (primary N) is 1. The zero-order valence-corrected chi connectivity index (χ0v) is 8.79. The lowest BCUT2D eigenvalue weighted by atomic mass is 10.4. The number of hydrogen-bond donors (Lipinski definition) is 3. The number of rotatable bonds is 4. The Morgan fingerprint density at radius 3 is 2.46 bits per heavy atom. The second-order valence-corrected chi connectivity index (χ2v) is 3.23. The Morgan fingerprint density at radius 1 is 1.46 bits per heavy atom. The molecule has 0 fully saturated rings. The van der Waals surface area contributed by atoms with Gasteiger partial charge < -0.3 is 10.1 Å². The van der Waals surface area contributed by atoms with Crippen LogP contribution in [0.1, 0.15) is 20.8 Å². The number of methoxy groups -OCH3 is 1. The summed E-state index contributed by atoms with van der Waals surface area (Å²) in [6, 6.07) is 0.409. The molecule has 5 heteroatoms. The van der Waals surface area contributed by atoms with Crippen LogP contribution in [0.2, 0.25) is 0 Å². The Morgan fingerprint density at radius 2 is 2.08 bits per heavy atom. The van der Waals surface area contributed by atoms with Crippen LogP contribution in [-0.2, 0) is 4.74 Å². The summed E-state index contributed by atoms with van der Waals surface area (Å²) in [4.78, 5) is 4.27. The van der Waals surface area contributed by atoms with Crippen molar-refractivity contribution in [1.29, 1.82) is 0 Å². The van der Waals surface area contributed by atoms with Crippen molar-refractivity contribution in [3.63, 3.8) is 0 Å². The molecule has 0 aliphatic heterocycles. The number of hydrogen-bond acceptors (Lipinski definition) is 3. The maximum atomic E-state index is 5.28. The van der Waals surface area contributed by atoms with Crippen LogP contribution < -0.4 is 16.6 Å². The van der Waals surface area contributed by atoms with Gasteiger partial charge in [-0.15, -0.1) is 0 Å². The third-order valence-corrected chi connectivity index (χ3v) is 1.32. The Balaban J connectivity index is 4.03. The summed E-state index contributed by atoms with van der Waals surface area (Å²) in [5, 5.41) is 3.08. The largest absolute Gasteiger partial charge is 0.382 e. The number of nitrogens with one attached hydrogen (secondary N) is 2. The average Bonchev–Trinajstić information content (AvgIpc) is 2.02. The van der Waals surface area contributed by atoms with Crippen molar-refractivity contribution in [3.8, 4) is 0 Å². The molecule has 78 valence electrons. The third-order valence-electron chi connectivity index (χ3n) is 1.32. The monoisotopic (exact) mass is 188 g/mol. The molecule has 13 heavy (non-hydrogen) atoms. The van der Waals surface area contributed by atoms with Crippen molar-refractivity contribution in [1.82, 2.24) is 10.7 Å². The molecule has 0 aromatic carbocycles. The van der Waals surface area contributed by atoms with Crippen molar-refractivity contribution >= 4 is 5.96 Å². The normalized spacial score (nSPS) is 14.5. The summed E-state index contributed by atoms with van der Waals surface area (Å²) in [5.74, 6) is 5.88. The Kier molecular flexibility index (Phi) is 6.26. The standard InChI is InChI=1S/C8H20N4O/c1-6(2)10-8(12-9)11-7(3)5-13-4/h6-7H,5,9H2,1-4H3,(H2,10,11,12). The van der Waals surface area contributed by atoms with Gasteiger partial charge in [0, 0.05) is 13.2 Å². The average molecular weight is 188 g/mol. The van der Waals surface area contributed by atoms with Gasteiger partial charge in [-0.3, -0.25) is 5.43 Å². The maximum Gasteiger partial charge on any atom is 0.206 e. The van der Waals surface area contributed by atoms with Crippen LogP contribution >= 0.6 is 0 Å². The van der Waals surface area contributed by atoms with Gasteiger partial charge >= 0.3 is 0 Å². The molecule has 5 nitrogen and oxygen atoms in total. The second kappa shape index (κ2) is 6.68. The molecule has 0 aliphatic carbocycles. The first kappa shape index (κ1) is 12.2. The second-order valence-electron chi connectivity index (χ2n) is 3.23. The van der Waals surface area contributed by atoms with E-state index in [-0.39, 0.29) is 6.04 Å². The zero-order valence-electron chi connectivity index (χ0n) is 8.79. The van der Waals surface area contributed by atoms with Crippen molar-refractivity contribution in [3.05, 3.63) is 0 Å². The molecule has 0 rings (SSSR count). The van der Waals surface area contributed by atoms with Gasteiger partial charge in [0.05, 0.1) is 12.6 Å². The molecule has 4 N–H and O–H groups in total. The van der Waals surface area contributed by atoms with Gasteiger partial charge in [0.25, 0.3) is 0 Å². The van der Waals surface area contributed by atoms with E-state index in [0.717, 1.165) is 0 Å². The number of ether oxygens (including phenoxy) is 1. The number of guanidine groups is 1. The first-order valence-corrected chi connectivity index (χ1v) is 4.40. The summed E-state index contributed by atoms with van der Waals surface area (Å²) in [6.45, 7) is 6.59. The lowest BCUT2D eigenvalue weighted by Crippen LogP contribution is -2.45. The SMILES string of the molecule is COCC(C)N=C(NN)NC(C)C. The van der Waals surface area contributed by atoms with Gasteiger partial charge in [-0.1, -0.05) is 0 Å². The fraction of sp³-hybridized carbons (Fsp3) is 0.875. The van der Waals surface area contributed by atoms with E-state index in [4.69, 9.17) is 10.6 Å². The van der Waals surface area contributed by atoms with Crippen LogP contribution in [0, 0.1) is 0 Å². The minimum absolute atomic E-state index is 0.0994. The molecule has 0 bridgehead atoms. The van der Waals surface area contributed by atoms with Crippen molar-refractivity contribution < 1.29 is 4.74 Å². The molecule has 0 amide bonds. The fourth-order valence-electron chi connectivity index (χ4n) is 0.888. The molecule has 1 atom stereocenters. The minimum Gasteiger partial charge on any atom is -0.382 e. The van der Waals surface area contributed by atoms with Crippen molar-refractivity contribution in [2.24, 2.45) is 10.8 Å². The number of nitrogens with zero attached hydrogens (tertiary/aromatic N) is 1. The lowest BCUT2D eigenvalue weighted by molar-refractivity contribution is 0.185. The molecular weight excluding hydrogens is 168 g/mol. The third kappa shape index (κ3) is 6.36. The molecule has 0 aromatic rings. The summed E-state index contributed by atoms with van der Waals surface area (Å²) >= 11 is 0. The van der Waals surface area contributed by atoms with E-state index >= 15 is 0 Å². The molecule has 0 saturated carbocycles. The molecule has 0 aliphatic rings. The highest BCUT2D eigenvalue weighted by atomic mass is 16.5. The minimum atomic E-state index is 0.0994.